The zero-order chi connectivity index (χ0) is 14.0. The van der Waals surface area contributed by atoms with Gasteiger partial charge in [0.2, 0.25) is 5.88 Å². The normalized spacial score (nSPS) is 10.5. The van der Waals surface area contributed by atoms with Crippen molar-refractivity contribution < 1.29 is 4.74 Å². The first-order valence-electron chi connectivity index (χ1n) is 5.74. The van der Waals surface area contributed by atoms with Gasteiger partial charge in [0.05, 0.1) is 5.69 Å². The molecule has 0 radical (unpaired) electrons. The molecule has 19 heavy (non-hydrogen) atoms. The van der Waals surface area contributed by atoms with Gasteiger partial charge in [-0.1, -0.05) is 28.1 Å². The predicted octanol–water partition coefficient (Wildman–Crippen LogP) is 2.35. The summed E-state index contributed by atoms with van der Waals surface area (Å²) in [6.07, 6.45) is 0. The van der Waals surface area contributed by atoms with Gasteiger partial charge >= 0.3 is 0 Å². The molecule has 0 spiro atoms. The number of amidine groups is 1. The van der Waals surface area contributed by atoms with Gasteiger partial charge in [0.25, 0.3) is 0 Å². The molecular formula is C13H15BrN4O. The Morgan fingerprint density at radius 3 is 2.63 bits per heavy atom. The molecule has 0 saturated carbocycles. The molecule has 0 fully saturated rings. The van der Waals surface area contributed by atoms with Gasteiger partial charge < -0.3 is 10.5 Å². The van der Waals surface area contributed by atoms with E-state index in [0.29, 0.717) is 23.7 Å². The number of aromatic nitrogens is 2. The zero-order valence-corrected chi connectivity index (χ0v) is 12.4. The van der Waals surface area contributed by atoms with Crippen molar-refractivity contribution in [3.63, 3.8) is 0 Å². The van der Waals surface area contributed by atoms with Crippen LogP contribution in [0.15, 0.2) is 28.7 Å². The number of rotatable bonds is 4. The van der Waals surface area contributed by atoms with Gasteiger partial charge in [-0.25, -0.2) is 4.68 Å². The first-order valence-corrected chi connectivity index (χ1v) is 6.53. The summed E-state index contributed by atoms with van der Waals surface area (Å²) < 4.78 is 8.37. The summed E-state index contributed by atoms with van der Waals surface area (Å²) in [5.41, 5.74) is 7.85. The standard InChI is InChI=1S/C13H15BrN4O/c1-8-11(12(15)16)13(18(2)17-8)19-7-9-3-5-10(14)6-4-9/h3-6H,7H2,1-2H3,(H3,15,16). The molecular weight excluding hydrogens is 308 g/mol. The van der Waals surface area contributed by atoms with Crippen molar-refractivity contribution in [2.24, 2.45) is 12.8 Å². The fourth-order valence-corrected chi connectivity index (χ4v) is 2.11. The molecule has 0 atom stereocenters. The number of hydrogen-bond acceptors (Lipinski definition) is 3. The Hall–Kier alpha value is -1.82. The third-order valence-electron chi connectivity index (χ3n) is 2.73. The van der Waals surface area contributed by atoms with Crippen molar-refractivity contribution >= 4 is 21.8 Å². The van der Waals surface area contributed by atoms with Crippen LogP contribution < -0.4 is 10.5 Å². The SMILES string of the molecule is Cc1nn(C)c(OCc2ccc(Br)cc2)c1C(=N)N. The van der Waals surface area contributed by atoms with E-state index in [1.54, 1.807) is 11.7 Å². The van der Waals surface area contributed by atoms with Crippen molar-refractivity contribution in [3.8, 4) is 5.88 Å². The van der Waals surface area contributed by atoms with Crippen LogP contribution in [0.3, 0.4) is 0 Å². The van der Waals surface area contributed by atoms with Crippen molar-refractivity contribution in [1.82, 2.24) is 9.78 Å². The van der Waals surface area contributed by atoms with Gasteiger partial charge in [0, 0.05) is 11.5 Å². The number of nitrogens with one attached hydrogen (secondary N) is 1. The fraction of sp³-hybridized carbons (Fsp3) is 0.231. The third kappa shape index (κ3) is 2.96. The highest BCUT2D eigenvalue weighted by Crippen LogP contribution is 2.22. The number of halogens is 1. The van der Waals surface area contributed by atoms with Crippen LogP contribution in [-0.4, -0.2) is 15.6 Å². The van der Waals surface area contributed by atoms with Gasteiger partial charge in [0.15, 0.2) is 0 Å². The highest BCUT2D eigenvalue weighted by molar-refractivity contribution is 9.10. The van der Waals surface area contributed by atoms with E-state index >= 15 is 0 Å². The van der Waals surface area contributed by atoms with Crippen molar-refractivity contribution in [3.05, 3.63) is 45.6 Å². The Morgan fingerprint density at radius 1 is 1.42 bits per heavy atom. The fourth-order valence-electron chi connectivity index (χ4n) is 1.84. The minimum atomic E-state index is -0.0311. The van der Waals surface area contributed by atoms with Gasteiger partial charge in [-0.05, 0) is 24.6 Å². The molecule has 2 aromatic rings. The van der Waals surface area contributed by atoms with Crippen LogP contribution in [0.2, 0.25) is 0 Å². The highest BCUT2D eigenvalue weighted by atomic mass is 79.9. The third-order valence-corrected chi connectivity index (χ3v) is 3.26. The molecule has 1 aromatic carbocycles. The Morgan fingerprint density at radius 2 is 2.05 bits per heavy atom. The van der Waals surface area contributed by atoms with E-state index in [2.05, 4.69) is 21.0 Å². The van der Waals surface area contributed by atoms with Crippen LogP contribution in [0, 0.1) is 12.3 Å². The Bertz CT molecular complexity index is 604. The molecule has 6 heteroatoms. The first kappa shape index (κ1) is 13.6. The van der Waals surface area contributed by atoms with Crippen molar-refractivity contribution in [2.45, 2.75) is 13.5 Å². The number of aryl methyl sites for hydroxylation is 2. The summed E-state index contributed by atoms with van der Waals surface area (Å²) in [6, 6.07) is 7.86. The number of hydrogen-bond donors (Lipinski definition) is 2. The molecule has 5 nitrogen and oxygen atoms in total. The average Bonchev–Trinajstić information content (AvgIpc) is 2.63. The number of ether oxygens (including phenoxy) is 1. The predicted molar refractivity (Wildman–Crippen MR) is 77.4 cm³/mol. The highest BCUT2D eigenvalue weighted by Gasteiger charge is 2.17. The summed E-state index contributed by atoms with van der Waals surface area (Å²) in [5.74, 6) is 0.490. The molecule has 100 valence electrons. The van der Waals surface area contributed by atoms with E-state index in [0.717, 1.165) is 10.0 Å². The summed E-state index contributed by atoms with van der Waals surface area (Å²) in [4.78, 5) is 0. The molecule has 3 N–H and O–H groups in total. The molecule has 0 saturated heterocycles. The maximum absolute atomic E-state index is 7.58. The van der Waals surface area contributed by atoms with E-state index in [4.69, 9.17) is 15.9 Å². The monoisotopic (exact) mass is 322 g/mol. The van der Waals surface area contributed by atoms with Crippen molar-refractivity contribution in [1.29, 1.82) is 5.41 Å². The maximum atomic E-state index is 7.58. The van der Waals surface area contributed by atoms with Gasteiger partial charge in [-0.3, -0.25) is 5.41 Å². The van der Waals surface area contributed by atoms with Crippen LogP contribution in [0.25, 0.3) is 0 Å². The quantitative estimate of drug-likeness (QED) is 0.670. The topological polar surface area (TPSA) is 76.9 Å². The van der Waals surface area contributed by atoms with Crippen LogP contribution in [0.4, 0.5) is 0 Å². The lowest BCUT2D eigenvalue weighted by Crippen LogP contribution is -2.14. The second-order valence-corrected chi connectivity index (χ2v) is 5.13. The van der Waals surface area contributed by atoms with E-state index < -0.39 is 0 Å². The lowest BCUT2D eigenvalue weighted by Gasteiger charge is -2.08. The molecule has 2 rings (SSSR count). The van der Waals surface area contributed by atoms with E-state index in [-0.39, 0.29) is 5.84 Å². The van der Waals surface area contributed by atoms with Gasteiger partial charge in [-0.15, -0.1) is 0 Å². The molecule has 0 aliphatic heterocycles. The molecule has 1 heterocycles. The Kier molecular flexibility index (Phi) is 3.90. The van der Waals surface area contributed by atoms with Crippen molar-refractivity contribution in [2.75, 3.05) is 0 Å². The summed E-state index contributed by atoms with van der Waals surface area (Å²) >= 11 is 3.39. The number of nitrogens with two attached hydrogens (primary N) is 1. The average molecular weight is 323 g/mol. The summed E-state index contributed by atoms with van der Waals surface area (Å²) in [7, 11) is 1.77. The Balaban J connectivity index is 2.20. The van der Waals surface area contributed by atoms with Crippen LogP contribution in [-0.2, 0) is 13.7 Å². The van der Waals surface area contributed by atoms with Crippen LogP contribution in [0.1, 0.15) is 16.8 Å². The van der Waals surface area contributed by atoms with E-state index in [1.807, 2.05) is 31.2 Å². The smallest absolute Gasteiger partial charge is 0.223 e. The number of benzene rings is 1. The zero-order valence-electron chi connectivity index (χ0n) is 10.8. The molecule has 0 bridgehead atoms. The van der Waals surface area contributed by atoms with E-state index in [1.165, 1.54) is 0 Å². The lowest BCUT2D eigenvalue weighted by atomic mass is 10.2. The summed E-state index contributed by atoms with van der Waals surface area (Å²) in [6.45, 7) is 2.22. The second-order valence-electron chi connectivity index (χ2n) is 4.22. The van der Waals surface area contributed by atoms with Gasteiger partial charge in [-0.2, -0.15) is 5.10 Å². The second kappa shape index (κ2) is 5.44. The largest absolute Gasteiger partial charge is 0.472 e. The molecule has 0 unspecified atom stereocenters. The molecule has 1 aromatic heterocycles. The minimum Gasteiger partial charge on any atom is -0.472 e. The molecule has 0 aliphatic rings. The van der Waals surface area contributed by atoms with Crippen LogP contribution in [0.5, 0.6) is 5.88 Å². The van der Waals surface area contributed by atoms with Gasteiger partial charge in [0.1, 0.15) is 18.0 Å². The summed E-state index contributed by atoms with van der Waals surface area (Å²) in [5, 5.41) is 11.8. The van der Waals surface area contributed by atoms with E-state index in [9.17, 15) is 0 Å². The van der Waals surface area contributed by atoms with Crippen LogP contribution >= 0.6 is 15.9 Å². The maximum Gasteiger partial charge on any atom is 0.223 e. The molecule has 0 aliphatic carbocycles. The minimum absolute atomic E-state index is 0.0311. The number of nitrogen functional groups attached to an aromatic ring is 1. The first-order chi connectivity index (χ1) is 8.99. The lowest BCUT2D eigenvalue weighted by molar-refractivity contribution is 0.278. The molecule has 0 amide bonds. The Labute approximate surface area is 120 Å². The number of nitrogens with zero attached hydrogens (tertiary/aromatic N) is 2.